The van der Waals surface area contributed by atoms with E-state index in [4.69, 9.17) is 17.4 Å². The highest BCUT2D eigenvalue weighted by Crippen LogP contribution is 2.23. The zero-order chi connectivity index (χ0) is 10.6. The molecule has 0 aliphatic rings. The van der Waals surface area contributed by atoms with Gasteiger partial charge >= 0.3 is 0 Å². The van der Waals surface area contributed by atoms with Crippen LogP contribution in [0.1, 0.15) is 15.9 Å². The Labute approximate surface area is 85.0 Å². The Morgan fingerprint density at radius 3 is 2.93 bits per heavy atom. The van der Waals surface area contributed by atoms with Crippen molar-refractivity contribution < 1.29 is 9.08 Å². The number of rotatable bonds is 2. The molecule has 0 bridgehead atoms. The molecule has 1 rings (SSSR count). The average molecular weight is 212 g/mol. The highest BCUT2D eigenvalue weighted by Gasteiger charge is 2.13. The number of nitrogens with zero attached hydrogens (tertiary/aromatic N) is 3. The highest BCUT2D eigenvalue weighted by atomic mass is 35.5. The van der Waals surface area contributed by atoms with Crippen LogP contribution in [-0.2, 0) is 0 Å². The fourth-order valence-corrected chi connectivity index (χ4v) is 1.20. The second-order valence-corrected chi connectivity index (χ2v) is 2.67. The van der Waals surface area contributed by atoms with Gasteiger partial charge in [0.25, 0.3) is 5.91 Å². The van der Waals surface area contributed by atoms with E-state index in [1.165, 1.54) is 6.07 Å². The fraction of sp³-hybridized carbons (Fsp3) is 0.125. The molecule has 6 heteroatoms. The predicted octanol–water partition coefficient (Wildman–Crippen LogP) is 2.98. The molecule has 0 saturated carbocycles. The van der Waals surface area contributed by atoms with E-state index < -0.39 is 5.91 Å². The molecule has 1 aromatic carbocycles. The summed E-state index contributed by atoms with van der Waals surface area (Å²) in [5.41, 5.74) is 8.94. The van der Waals surface area contributed by atoms with Crippen LogP contribution >= 0.6 is 11.9 Å². The molecule has 0 unspecified atom stereocenters. The molecular weight excluding hydrogens is 206 g/mol. The van der Waals surface area contributed by atoms with Crippen molar-refractivity contribution in [3.63, 3.8) is 0 Å². The van der Waals surface area contributed by atoms with E-state index in [2.05, 4.69) is 14.3 Å². The molecule has 0 atom stereocenters. The first kappa shape index (κ1) is 10.4. The van der Waals surface area contributed by atoms with Crippen LogP contribution in [0.25, 0.3) is 10.4 Å². The smallest absolute Gasteiger partial charge is 0.253 e. The van der Waals surface area contributed by atoms with Gasteiger partial charge in [-0.2, -0.15) is 0 Å². The summed E-state index contributed by atoms with van der Waals surface area (Å²) in [7, 11) is 0. The van der Waals surface area contributed by atoms with E-state index >= 15 is 0 Å². The molecule has 0 aliphatic heterocycles. The number of benzene rings is 1. The van der Waals surface area contributed by atoms with Crippen molar-refractivity contribution in [2.75, 3.05) is 0 Å². The van der Waals surface area contributed by atoms with E-state index in [1.807, 2.05) is 0 Å². The highest BCUT2D eigenvalue weighted by molar-refractivity contribution is 6.10. The monoisotopic (exact) mass is 211 g/mol. The van der Waals surface area contributed by atoms with Crippen molar-refractivity contribution in [3.8, 4) is 5.75 Å². The van der Waals surface area contributed by atoms with Gasteiger partial charge in [-0.05, 0) is 29.2 Å². The number of halogens is 1. The lowest BCUT2D eigenvalue weighted by Crippen LogP contribution is -1.99. The number of azide groups is 1. The first-order valence-electron chi connectivity index (χ1n) is 3.68. The molecule has 14 heavy (non-hydrogen) atoms. The Kier molecular flexibility index (Phi) is 3.34. The number of aryl methyl sites for hydroxylation is 1. The van der Waals surface area contributed by atoms with E-state index in [-0.39, 0.29) is 11.3 Å². The van der Waals surface area contributed by atoms with Gasteiger partial charge in [-0.15, -0.1) is 0 Å². The summed E-state index contributed by atoms with van der Waals surface area (Å²) in [5.74, 6) is -0.523. The van der Waals surface area contributed by atoms with Crippen molar-refractivity contribution >= 4 is 17.8 Å². The minimum absolute atomic E-state index is 0.181. The van der Waals surface area contributed by atoms with Crippen LogP contribution in [0.5, 0.6) is 5.75 Å². The predicted molar refractivity (Wildman–Crippen MR) is 51.1 cm³/mol. The Bertz CT molecular complexity index is 413. The van der Waals surface area contributed by atoms with Gasteiger partial charge in [0.15, 0.2) is 5.75 Å². The van der Waals surface area contributed by atoms with Crippen molar-refractivity contribution in [3.05, 3.63) is 39.8 Å². The number of carbonyl (C=O) groups excluding carboxylic acids is 1. The zero-order valence-corrected chi connectivity index (χ0v) is 8.02. The van der Waals surface area contributed by atoms with Gasteiger partial charge in [-0.3, -0.25) is 4.79 Å². The van der Waals surface area contributed by atoms with E-state index in [0.717, 1.165) is 0 Å². The van der Waals surface area contributed by atoms with Gasteiger partial charge in [0.05, 0.1) is 5.56 Å². The SMILES string of the molecule is Cc1cccc(OCl)c1C(=O)N=[N+]=[N-]. The molecule has 0 aromatic heterocycles. The standard InChI is InChI=1S/C8H6ClN3O2/c1-5-3-2-4-6(14-9)7(5)8(13)11-12-10/h2-4H,1H3. The fourth-order valence-electron chi connectivity index (χ4n) is 1.07. The first-order valence-corrected chi connectivity index (χ1v) is 3.99. The third-order valence-corrected chi connectivity index (χ3v) is 1.83. The summed E-state index contributed by atoms with van der Waals surface area (Å²) in [6.45, 7) is 1.69. The van der Waals surface area contributed by atoms with Crippen LogP contribution in [-0.4, -0.2) is 5.91 Å². The van der Waals surface area contributed by atoms with Crippen molar-refractivity contribution in [1.29, 1.82) is 0 Å². The largest absolute Gasteiger partial charge is 0.385 e. The Morgan fingerprint density at radius 2 is 2.36 bits per heavy atom. The van der Waals surface area contributed by atoms with Crippen molar-refractivity contribution in [1.82, 2.24) is 0 Å². The average Bonchev–Trinajstić information content (AvgIpc) is 2.17. The van der Waals surface area contributed by atoms with Gasteiger partial charge in [0.2, 0.25) is 0 Å². The summed E-state index contributed by atoms with van der Waals surface area (Å²) >= 11 is 5.16. The lowest BCUT2D eigenvalue weighted by molar-refractivity contribution is 0.0998. The second kappa shape index (κ2) is 4.50. The van der Waals surface area contributed by atoms with Gasteiger partial charge in [0.1, 0.15) is 11.9 Å². The first-order chi connectivity index (χ1) is 6.70. The minimum Gasteiger partial charge on any atom is -0.385 e. The van der Waals surface area contributed by atoms with Crippen molar-refractivity contribution in [2.45, 2.75) is 6.92 Å². The van der Waals surface area contributed by atoms with Crippen LogP contribution in [0.4, 0.5) is 0 Å². The minimum atomic E-state index is -0.707. The van der Waals surface area contributed by atoms with Crippen LogP contribution in [0.2, 0.25) is 0 Å². The number of carbonyl (C=O) groups is 1. The van der Waals surface area contributed by atoms with Crippen LogP contribution in [0.3, 0.4) is 0 Å². The van der Waals surface area contributed by atoms with Crippen LogP contribution < -0.4 is 4.29 Å². The maximum Gasteiger partial charge on any atom is 0.253 e. The van der Waals surface area contributed by atoms with Crippen LogP contribution in [0, 0.1) is 6.92 Å². The molecule has 0 fully saturated rings. The summed E-state index contributed by atoms with van der Waals surface area (Å²) < 4.78 is 4.46. The van der Waals surface area contributed by atoms with E-state index in [1.54, 1.807) is 19.1 Å². The summed E-state index contributed by atoms with van der Waals surface area (Å²) in [6, 6.07) is 4.89. The molecule has 1 aromatic rings. The van der Waals surface area contributed by atoms with Gasteiger partial charge in [0, 0.05) is 4.91 Å². The molecule has 0 spiro atoms. The summed E-state index contributed by atoms with van der Waals surface area (Å²) in [4.78, 5) is 13.7. The normalized spacial score (nSPS) is 9.00. The molecular formula is C8H6ClN3O2. The second-order valence-electron chi connectivity index (χ2n) is 2.52. The van der Waals surface area contributed by atoms with E-state index in [0.29, 0.717) is 5.56 Å². The van der Waals surface area contributed by atoms with Gasteiger partial charge in [-0.25, -0.2) is 0 Å². The molecule has 0 heterocycles. The van der Waals surface area contributed by atoms with E-state index in [9.17, 15) is 4.79 Å². The van der Waals surface area contributed by atoms with Crippen molar-refractivity contribution in [2.24, 2.45) is 5.11 Å². The summed E-state index contributed by atoms with van der Waals surface area (Å²) in [5, 5.41) is 2.97. The molecule has 0 radical (unpaired) electrons. The van der Waals surface area contributed by atoms with Gasteiger partial charge in [-0.1, -0.05) is 12.1 Å². The maximum atomic E-state index is 11.3. The molecule has 0 N–H and O–H groups in total. The Hall–Kier alpha value is -1.71. The molecule has 72 valence electrons. The Morgan fingerprint density at radius 1 is 1.64 bits per heavy atom. The lowest BCUT2D eigenvalue weighted by atomic mass is 10.1. The third-order valence-electron chi connectivity index (χ3n) is 1.67. The topological polar surface area (TPSA) is 75.1 Å². The Balaban J connectivity index is 3.30. The number of hydrogen-bond acceptors (Lipinski definition) is 2. The van der Waals surface area contributed by atoms with Crippen LogP contribution in [0.15, 0.2) is 23.3 Å². The molecule has 0 saturated heterocycles. The van der Waals surface area contributed by atoms with Gasteiger partial charge < -0.3 is 4.29 Å². The lowest BCUT2D eigenvalue weighted by Gasteiger charge is -2.04. The quantitative estimate of drug-likeness (QED) is 0.428. The molecule has 5 nitrogen and oxygen atoms in total. The third kappa shape index (κ3) is 1.96. The summed E-state index contributed by atoms with van der Waals surface area (Å²) in [6.07, 6.45) is 0. The molecule has 1 amide bonds. The maximum absolute atomic E-state index is 11.3. The number of hydrogen-bond donors (Lipinski definition) is 0. The zero-order valence-electron chi connectivity index (χ0n) is 7.27. The molecule has 0 aliphatic carbocycles. The number of amides is 1.